The van der Waals surface area contributed by atoms with E-state index in [1.54, 1.807) is 24.3 Å². The number of para-hydroxylation sites is 1. The molecule has 0 aliphatic heterocycles. The van der Waals surface area contributed by atoms with Crippen molar-refractivity contribution in [1.82, 2.24) is 0 Å². The fraction of sp³-hybridized carbons (Fsp3) is 0.211. The van der Waals surface area contributed by atoms with Crippen LogP contribution in [0.5, 0.6) is 0 Å². The van der Waals surface area contributed by atoms with E-state index in [1.165, 1.54) is 5.56 Å². The van der Waals surface area contributed by atoms with Crippen molar-refractivity contribution in [2.45, 2.75) is 19.3 Å². The summed E-state index contributed by atoms with van der Waals surface area (Å²) in [5.74, 6) is 0. The van der Waals surface area contributed by atoms with Crippen molar-refractivity contribution in [3.05, 3.63) is 80.7 Å². The van der Waals surface area contributed by atoms with Crippen LogP contribution in [-0.2, 0) is 6.42 Å². The molecule has 0 unspecified atom stereocenters. The molecule has 0 bridgehead atoms. The summed E-state index contributed by atoms with van der Waals surface area (Å²) in [6.07, 6.45) is 2.73. The molecule has 128 valence electrons. The molecule has 6 nitrogen and oxygen atoms in total. The van der Waals surface area contributed by atoms with Crippen molar-refractivity contribution in [1.29, 1.82) is 0 Å². The summed E-state index contributed by atoms with van der Waals surface area (Å²) >= 11 is 0. The summed E-state index contributed by atoms with van der Waals surface area (Å²) in [5, 5.41) is 14.9. The summed E-state index contributed by atoms with van der Waals surface area (Å²) in [7, 11) is 0. The second-order valence-corrected chi connectivity index (χ2v) is 5.74. The third kappa shape index (κ3) is 3.85. The van der Waals surface area contributed by atoms with Gasteiger partial charge in [0.1, 0.15) is 11.3 Å². The number of anilines is 1. The standard InChI is InChI=1S/C19H18N2O4/c22-19-18(21(23)24)17(15-11-4-5-12-16(15)25-19)20-13-7-6-10-14-8-2-1-3-9-14/h1-5,8-9,11-12,20H,6-7,10,13H2. The Labute approximate surface area is 144 Å². The number of nitro groups is 1. The maximum Gasteiger partial charge on any atom is 0.417 e. The summed E-state index contributed by atoms with van der Waals surface area (Å²) in [6.45, 7) is 0.543. The largest absolute Gasteiger partial charge is 0.418 e. The molecule has 1 heterocycles. The van der Waals surface area contributed by atoms with Gasteiger partial charge in [-0.3, -0.25) is 10.1 Å². The second-order valence-electron chi connectivity index (χ2n) is 5.74. The number of nitrogens with one attached hydrogen (secondary N) is 1. The number of hydrogen-bond donors (Lipinski definition) is 1. The van der Waals surface area contributed by atoms with E-state index in [0.29, 0.717) is 17.5 Å². The monoisotopic (exact) mass is 338 g/mol. The zero-order valence-electron chi connectivity index (χ0n) is 13.6. The Balaban J connectivity index is 1.73. The predicted octanol–water partition coefficient (Wildman–Crippen LogP) is 4.14. The molecule has 25 heavy (non-hydrogen) atoms. The summed E-state index contributed by atoms with van der Waals surface area (Å²) in [4.78, 5) is 22.5. The molecule has 0 aliphatic carbocycles. The minimum absolute atomic E-state index is 0.233. The molecule has 0 spiro atoms. The summed E-state index contributed by atoms with van der Waals surface area (Å²) < 4.78 is 5.04. The Morgan fingerprint density at radius 1 is 1.00 bits per heavy atom. The molecule has 2 aromatic carbocycles. The SMILES string of the molecule is O=c1oc2ccccc2c(NCCCCc2ccccc2)c1[N+](=O)[O-]. The van der Waals surface area contributed by atoms with Crippen molar-refractivity contribution in [2.75, 3.05) is 11.9 Å². The maximum absolute atomic E-state index is 11.9. The highest BCUT2D eigenvalue weighted by molar-refractivity contribution is 5.94. The molecule has 6 heteroatoms. The minimum atomic E-state index is -0.935. The van der Waals surface area contributed by atoms with Gasteiger partial charge in [0.15, 0.2) is 0 Å². The lowest BCUT2D eigenvalue weighted by molar-refractivity contribution is -0.386. The lowest BCUT2D eigenvalue weighted by Crippen LogP contribution is -2.13. The van der Waals surface area contributed by atoms with E-state index in [4.69, 9.17) is 4.42 Å². The van der Waals surface area contributed by atoms with E-state index in [-0.39, 0.29) is 5.69 Å². The molecule has 0 radical (unpaired) electrons. The average molecular weight is 338 g/mol. The number of hydrogen-bond acceptors (Lipinski definition) is 5. The topological polar surface area (TPSA) is 85.4 Å². The van der Waals surface area contributed by atoms with E-state index in [0.717, 1.165) is 19.3 Å². The normalized spacial score (nSPS) is 10.7. The van der Waals surface area contributed by atoms with Crippen LogP contribution in [0.25, 0.3) is 11.0 Å². The van der Waals surface area contributed by atoms with Gasteiger partial charge < -0.3 is 9.73 Å². The molecule has 0 amide bonds. The molecule has 1 N–H and O–H groups in total. The van der Waals surface area contributed by atoms with Crippen molar-refractivity contribution in [3.8, 4) is 0 Å². The van der Waals surface area contributed by atoms with Crippen LogP contribution in [0, 0.1) is 10.1 Å². The molecule has 3 aromatic rings. The minimum Gasteiger partial charge on any atom is -0.418 e. The van der Waals surface area contributed by atoms with E-state index >= 15 is 0 Å². The first-order valence-corrected chi connectivity index (χ1v) is 8.15. The van der Waals surface area contributed by atoms with Crippen molar-refractivity contribution < 1.29 is 9.34 Å². The predicted molar refractivity (Wildman–Crippen MR) is 97.0 cm³/mol. The fourth-order valence-corrected chi connectivity index (χ4v) is 2.80. The van der Waals surface area contributed by atoms with E-state index in [1.807, 2.05) is 18.2 Å². The fourth-order valence-electron chi connectivity index (χ4n) is 2.80. The molecule has 3 rings (SSSR count). The number of benzene rings is 2. The van der Waals surface area contributed by atoms with Crippen molar-refractivity contribution in [3.63, 3.8) is 0 Å². The summed E-state index contributed by atoms with van der Waals surface area (Å²) in [6, 6.07) is 17.0. The number of nitrogens with zero attached hydrogens (tertiary/aromatic N) is 1. The van der Waals surface area contributed by atoms with Crippen LogP contribution in [-0.4, -0.2) is 11.5 Å². The molecule has 0 saturated carbocycles. The van der Waals surface area contributed by atoms with Gasteiger partial charge in [-0.1, -0.05) is 42.5 Å². The van der Waals surface area contributed by atoms with Gasteiger partial charge in [0.05, 0.1) is 4.92 Å². The van der Waals surface area contributed by atoms with Gasteiger partial charge in [0, 0.05) is 11.9 Å². The lowest BCUT2D eigenvalue weighted by Gasteiger charge is -2.09. The van der Waals surface area contributed by atoms with Crippen LogP contribution in [0.3, 0.4) is 0 Å². The second kappa shape index (κ2) is 7.61. The first kappa shape index (κ1) is 16.7. The maximum atomic E-state index is 11.9. The zero-order chi connectivity index (χ0) is 17.6. The van der Waals surface area contributed by atoms with Gasteiger partial charge in [0.25, 0.3) is 0 Å². The van der Waals surface area contributed by atoms with Crippen LogP contribution in [0.1, 0.15) is 18.4 Å². The van der Waals surface area contributed by atoms with E-state index in [9.17, 15) is 14.9 Å². The van der Waals surface area contributed by atoms with Gasteiger partial charge in [0.2, 0.25) is 0 Å². The van der Waals surface area contributed by atoms with E-state index in [2.05, 4.69) is 17.4 Å². The van der Waals surface area contributed by atoms with Crippen LogP contribution in [0.4, 0.5) is 11.4 Å². The highest BCUT2D eigenvalue weighted by Crippen LogP contribution is 2.29. The van der Waals surface area contributed by atoms with Crippen molar-refractivity contribution >= 4 is 22.3 Å². The molecule has 0 fully saturated rings. The van der Waals surface area contributed by atoms with Gasteiger partial charge >= 0.3 is 11.3 Å². The molecule has 0 saturated heterocycles. The summed E-state index contributed by atoms with van der Waals surface area (Å²) in [5.41, 5.74) is 0.359. The first-order valence-electron chi connectivity index (χ1n) is 8.15. The first-order chi connectivity index (χ1) is 12.2. The van der Waals surface area contributed by atoms with Crippen molar-refractivity contribution in [2.24, 2.45) is 0 Å². The van der Waals surface area contributed by atoms with Crippen LogP contribution >= 0.6 is 0 Å². The molecule has 0 atom stereocenters. The highest BCUT2D eigenvalue weighted by Gasteiger charge is 2.24. The molecule has 0 aliphatic rings. The highest BCUT2D eigenvalue weighted by atomic mass is 16.6. The van der Waals surface area contributed by atoms with Crippen LogP contribution < -0.4 is 10.9 Å². The Morgan fingerprint density at radius 2 is 1.72 bits per heavy atom. The molecule has 1 aromatic heterocycles. The number of fused-ring (bicyclic) bond motifs is 1. The average Bonchev–Trinajstić information content (AvgIpc) is 2.61. The van der Waals surface area contributed by atoms with Gasteiger partial charge in [-0.25, -0.2) is 4.79 Å². The molecular formula is C19H18N2O4. The van der Waals surface area contributed by atoms with Gasteiger partial charge in [-0.05, 0) is 37.0 Å². The number of aryl methyl sites for hydroxylation is 1. The van der Waals surface area contributed by atoms with Crippen LogP contribution in [0.15, 0.2) is 63.8 Å². The van der Waals surface area contributed by atoms with E-state index < -0.39 is 16.2 Å². The van der Waals surface area contributed by atoms with Gasteiger partial charge in [-0.2, -0.15) is 0 Å². The smallest absolute Gasteiger partial charge is 0.417 e. The Morgan fingerprint density at radius 3 is 2.48 bits per heavy atom. The molecular weight excluding hydrogens is 320 g/mol. The third-order valence-corrected chi connectivity index (χ3v) is 4.01. The Bertz CT molecular complexity index is 935. The Kier molecular flexibility index (Phi) is 5.09. The Hall–Kier alpha value is -3.15. The number of unbranched alkanes of at least 4 members (excludes halogenated alkanes) is 1. The third-order valence-electron chi connectivity index (χ3n) is 4.01. The lowest BCUT2D eigenvalue weighted by atomic mass is 10.1. The van der Waals surface area contributed by atoms with Crippen LogP contribution in [0.2, 0.25) is 0 Å². The van der Waals surface area contributed by atoms with Gasteiger partial charge in [-0.15, -0.1) is 0 Å². The zero-order valence-corrected chi connectivity index (χ0v) is 13.6. The number of rotatable bonds is 7. The quantitative estimate of drug-likeness (QED) is 0.303.